The van der Waals surface area contributed by atoms with Crippen LogP contribution in [0.5, 0.6) is 0 Å². The van der Waals surface area contributed by atoms with Gasteiger partial charge in [-0.15, -0.1) is 0 Å². The molecule has 1 aromatic heterocycles. The highest BCUT2D eigenvalue weighted by Gasteiger charge is 2.24. The van der Waals surface area contributed by atoms with Gasteiger partial charge in [0.2, 0.25) is 0 Å². The molecule has 1 heterocycles. The maximum atomic E-state index is 9.04. The van der Waals surface area contributed by atoms with Crippen molar-refractivity contribution in [1.82, 2.24) is 4.98 Å². The SMILES string of the molecule is CC(N)(CO)c1ncc(Br)cc1Br. The molecule has 1 aromatic rings. The van der Waals surface area contributed by atoms with Gasteiger partial charge >= 0.3 is 0 Å². The van der Waals surface area contributed by atoms with Gasteiger partial charge in [0.05, 0.1) is 17.8 Å². The summed E-state index contributed by atoms with van der Waals surface area (Å²) >= 11 is 6.63. The molecule has 0 spiro atoms. The number of aliphatic hydroxyl groups is 1. The first-order valence-corrected chi connectivity index (χ1v) is 5.27. The smallest absolute Gasteiger partial charge is 0.0800 e. The highest BCUT2D eigenvalue weighted by molar-refractivity contribution is 9.11. The third-order valence-electron chi connectivity index (χ3n) is 1.68. The van der Waals surface area contributed by atoms with Crippen LogP contribution in [0, 0.1) is 0 Å². The Bertz CT molecular complexity index is 315. The zero-order valence-electron chi connectivity index (χ0n) is 7.09. The number of aromatic nitrogens is 1. The van der Waals surface area contributed by atoms with Gasteiger partial charge < -0.3 is 10.8 Å². The first-order chi connectivity index (χ1) is 5.97. The van der Waals surface area contributed by atoms with Crippen molar-refractivity contribution in [2.75, 3.05) is 6.61 Å². The fraction of sp³-hybridized carbons (Fsp3) is 0.375. The summed E-state index contributed by atoms with van der Waals surface area (Å²) in [6.45, 7) is 1.59. The average molecular weight is 310 g/mol. The maximum Gasteiger partial charge on any atom is 0.0800 e. The molecule has 1 atom stereocenters. The lowest BCUT2D eigenvalue weighted by Crippen LogP contribution is -2.38. The van der Waals surface area contributed by atoms with E-state index in [4.69, 9.17) is 10.8 Å². The summed E-state index contributed by atoms with van der Waals surface area (Å²) in [4.78, 5) is 4.14. The van der Waals surface area contributed by atoms with E-state index >= 15 is 0 Å². The van der Waals surface area contributed by atoms with Gasteiger partial charge in [-0.3, -0.25) is 4.98 Å². The molecule has 0 amide bonds. The van der Waals surface area contributed by atoms with E-state index in [1.165, 1.54) is 0 Å². The zero-order valence-corrected chi connectivity index (χ0v) is 10.3. The molecular formula is C8H10Br2N2O. The number of hydrogen-bond donors (Lipinski definition) is 2. The quantitative estimate of drug-likeness (QED) is 0.875. The first-order valence-electron chi connectivity index (χ1n) is 3.68. The van der Waals surface area contributed by atoms with Crippen LogP contribution in [-0.2, 0) is 5.54 Å². The van der Waals surface area contributed by atoms with Crippen molar-refractivity contribution in [3.63, 3.8) is 0 Å². The minimum Gasteiger partial charge on any atom is -0.394 e. The van der Waals surface area contributed by atoms with Crippen LogP contribution in [0.3, 0.4) is 0 Å². The highest BCUT2D eigenvalue weighted by atomic mass is 79.9. The molecule has 3 N–H and O–H groups in total. The second-order valence-corrected chi connectivity index (χ2v) is 4.83. The van der Waals surface area contributed by atoms with Gasteiger partial charge in [-0.1, -0.05) is 0 Å². The van der Waals surface area contributed by atoms with Crippen molar-refractivity contribution in [3.05, 3.63) is 26.9 Å². The van der Waals surface area contributed by atoms with E-state index in [1.807, 2.05) is 6.07 Å². The Hall–Kier alpha value is 0.0300. The van der Waals surface area contributed by atoms with Crippen LogP contribution in [-0.4, -0.2) is 16.7 Å². The molecule has 1 unspecified atom stereocenters. The second-order valence-electron chi connectivity index (χ2n) is 3.06. The lowest BCUT2D eigenvalue weighted by atomic mass is 10.0. The molecule has 0 radical (unpaired) electrons. The maximum absolute atomic E-state index is 9.04. The molecular weight excluding hydrogens is 300 g/mol. The van der Waals surface area contributed by atoms with E-state index in [9.17, 15) is 0 Å². The van der Waals surface area contributed by atoms with Gasteiger partial charge in [0.25, 0.3) is 0 Å². The summed E-state index contributed by atoms with van der Waals surface area (Å²) in [5, 5.41) is 9.04. The van der Waals surface area contributed by atoms with Gasteiger partial charge in [-0.2, -0.15) is 0 Å². The fourth-order valence-corrected chi connectivity index (χ4v) is 2.35. The Kier molecular flexibility index (Phi) is 3.45. The molecule has 0 aromatic carbocycles. The summed E-state index contributed by atoms with van der Waals surface area (Å²) in [6, 6.07) is 1.85. The third kappa shape index (κ3) is 2.49. The van der Waals surface area contributed by atoms with Crippen molar-refractivity contribution in [2.45, 2.75) is 12.5 Å². The molecule has 5 heteroatoms. The Balaban J connectivity index is 3.16. The molecule has 1 rings (SSSR count). The molecule has 13 heavy (non-hydrogen) atoms. The average Bonchev–Trinajstić information content (AvgIpc) is 2.03. The molecule has 0 aliphatic carbocycles. The van der Waals surface area contributed by atoms with Crippen molar-refractivity contribution in [1.29, 1.82) is 0 Å². The molecule has 0 aliphatic rings. The lowest BCUT2D eigenvalue weighted by molar-refractivity contribution is 0.206. The van der Waals surface area contributed by atoms with Crippen LogP contribution in [0.25, 0.3) is 0 Å². The molecule has 0 fully saturated rings. The minimum absolute atomic E-state index is 0.139. The minimum atomic E-state index is -0.806. The summed E-state index contributed by atoms with van der Waals surface area (Å²) in [6.07, 6.45) is 1.65. The molecule has 0 aliphatic heterocycles. The van der Waals surface area contributed by atoms with Gasteiger partial charge in [0.15, 0.2) is 0 Å². The van der Waals surface area contributed by atoms with E-state index in [1.54, 1.807) is 13.1 Å². The molecule has 3 nitrogen and oxygen atoms in total. The predicted octanol–water partition coefficient (Wildman–Crippen LogP) is 1.77. The van der Waals surface area contributed by atoms with Crippen LogP contribution in [0.2, 0.25) is 0 Å². The van der Waals surface area contributed by atoms with E-state index in [-0.39, 0.29) is 6.61 Å². The number of aliphatic hydroxyl groups excluding tert-OH is 1. The molecule has 0 saturated carbocycles. The van der Waals surface area contributed by atoms with Crippen LogP contribution in [0.15, 0.2) is 21.2 Å². The van der Waals surface area contributed by atoms with E-state index in [0.717, 1.165) is 8.95 Å². The largest absolute Gasteiger partial charge is 0.394 e. The first kappa shape index (κ1) is 11.1. The Labute approximate surface area is 93.6 Å². The topological polar surface area (TPSA) is 59.1 Å². The van der Waals surface area contributed by atoms with Gasteiger partial charge in [0.1, 0.15) is 0 Å². The van der Waals surface area contributed by atoms with Crippen molar-refractivity contribution in [3.8, 4) is 0 Å². The van der Waals surface area contributed by atoms with Crippen LogP contribution >= 0.6 is 31.9 Å². The third-order valence-corrected chi connectivity index (χ3v) is 2.72. The number of pyridine rings is 1. The summed E-state index contributed by atoms with van der Waals surface area (Å²) in [5.41, 5.74) is 5.68. The summed E-state index contributed by atoms with van der Waals surface area (Å²) in [5.74, 6) is 0. The van der Waals surface area contributed by atoms with Gasteiger partial charge in [-0.05, 0) is 44.8 Å². The van der Waals surface area contributed by atoms with Crippen LogP contribution in [0.4, 0.5) is 0 Å². The zero-order chi connectivity index (χ0) is 10.1. The summed E-state index contributed by atoms with van der Waals surface area (Å²) < 4.78 is 1.66. The Morgan fingerprint density at radius 2 is 2.23 bits per heavy atom. The number of nitrogens with two attached hydrogens (primary N) is 1. The van der Waals surface area contributed by atoms with Crippen molar-refractivity contribution >= 4 is 31.9 Å². The summed E-state index contributed by atoms with van der Waals surface area (Å²) in [7, 11) is 0. The monoisotopic (exact) mass is 308 g/mol. The number of hydrogen-bond acceptors (Lipinski definition) is 3. The van der Waals surface area contributed by atoms with Crippen molar-refractivity contribution < 1.29 is 5.11 Å². The van der Waals surface area contributed by atoms with Crippen LogP contribution in [0.1, 0.15) is 12.6 Å². The number of nitrogens with zero attached hydrogens (tertiary/aromatic N) is 1. The molecule has 0 bridgehead atoms. The highest BCUT2D eigenvalue weighted by Crippen LogP contribution is 2.26. The number of halogens is 2. The fourth-order valence-electron chi connectivity index (χ4n) is 0.910. The Morgan fingerprint density at radius 3 is 2.69 bits per heavy atom. The predicted molar refractivity (Wildman–Crippen MR) is 58.3 cm³/mol. The molecule has 0 saturated heterocycles. The van der Waals surface area contributed by atoms with Gasteiger partial charge in [0, 0.05) is 15.1 Å². The normalized spacial score (nSPS) is 15.5. The lowest BCUT2D eigenvalue weighted by Gasteiger charge is -2.22. The van der Waals surface area contributed by atoms with E-state index in [0.29, 0.717) is 5.69 Å². The van der Waals surface area contributed by atoms with Crippen LogP contribution < -0.4 is 5.73 Å². The second kappa shape index (κ2) is 4.04. The number of rotatable bonds is 2. The van der Waals surface area contributed by atoms with Crippen molar-refractivity contribution in [2.24, 2.45) is 5.73 Å². The standard InChI is InChI=1S/C8H10Br2N2O/c1-8(11,4-13)7-6(10)2-5(9)3-12-7/h2-3,13H,4,11H2,1H3. The Morgan fingerprint density at radius 1 is 1.62 bits per heavy atom. The molecule has 72 valence electrons. The van der Waals surface area contributed by atoms with E-state index in [2.05, 4.69) is 36.8 Å². The van der Waals surface area contributed by atoms with E-state index < -0.39 is 5.54 Å². The van der Waals surface area contributed by atoms with Gasteiger partial charge in [-0.25, -0.2) is 0 Å².